The molecule has 1 aromatic rings. The molecule has 0 aliphatic rings. The molecule has 0 atom stereocenters. The average molecular weight is 200 g/mol. The van der Waals surface area contributed by atoms with Crippen molar-refractivity contribution in [1.29, 1.82) is 0 Å². The molecule has 12 heavy (non-hydrogen) atoms. The number of unbranched alkanes of at least 4 members (excludes halogenated alkanes) is 1. The Bertz CT molecular complexity index is 203. The van der Waals surface area contributed by atoms with Gasteiger partial charge in [-0.1, -0.05) is 0 Å². The highest BCUT2D eigenvalue weighted by molar-refractivity contribution is 7.99. The van der Waals surface area contributed by atoms with Gasteiger partial charge in [-0.2, -0.15) is 12.6 Å². The fraction of sp³-hybridized carbons (Fsp3) is 0.500. The predicted molar refractivity (Wildman–Crippen MR) is 55.8 cm³/mol. The second-order valence-electron chi connectivity index (χ2n) is 2.32. The lowest BCUT2D eigenvalue weighted by atomic mass is 10.4. The molecule has 66 valence electrons. The molecule has 1 heterocycles. The Morgan fingerprint density at radius 2 is 2.25 bits per heavy atom. The van der Waals surface area contributed by atoms with E-state index in [0.717, 1.165) is 16.5 Å². The van der Waals surface area contributed by atoms with Crippen molar-refractivity contribution in [3.05, 3.63) is 18.6 Å². The van der Waals surface area contributed by atoms with Gasteiger partial charge >= 0.3 is 0 Å². The molecule has 1 aromatic heterocycles. The summed E-state index contributed by atoms with van der Waals surface area (Å²) in [6, 6.07) is 0. The van der Waals surface area contributed by atoms with E-state index in [1.807, 2.05) is 0 Å². The van der Waals surface area contributed by atoms with Crippen LogP contribution in [0.25, 0.3) is 0 Å². The van der Waals surface area contributed by atoms with E-state index in [2.05, 4.69) is 22.6 Å². The molecular weight excluding hydrogens is 188 g/mol. The highest BCUT2D eigenvalue weighted by Crippen LogP contribution is 2.14. The van der Waals surface area contributed by atoms with Crippen LogP contribution in [0.3, 0.4) is 0 Å². The van der Waals surface area contributed by atoms with Crippen molar-refractivity contribution in [3.8, 4) is 0 Å². The highest BCUT2D eigenvalue weighted by Gasteiger charge is 1.93. The summed E-state index contributed by atoms with van der Waals surface area (Å²) in [5, 5.41) is 1.01. The predicted octanol–water partition coefficient (Wildman–Crippen LogP) is 2.28. The summed E-state index contributed by atoms with van der Waals surface area (Å²) in [6.45, 7) is 0. The molecule has 4 heteroatoms. The summed E-state index contributed by atoms with van der Waals surface area (Å²) < 4.78 is 0. The van der Waals surface area contributed by atoms with Crippen LogP contribution in [0.5, 0.6) is 0 Å². The third-order valence-electron chi connectivity index (χ3n) is 1.34. The molecule has 0 saturated carbocycles. The first kappa shape index (κ1) is 9.86. The van der Waals surface area contributed by atoms with Gasteiger partial charge in [0.05, 0.1) is 6.20 Å². The zero-order chi connectivity index (χ0) is 8.65. The second-order valence-corrected chi connectivity index (χ2v) is 3.89. The fourth-order valence-corrected chi connectivity index (χ4v) is 1.80. The van der Waals surface area contributed by atoms with Gasteiger partial charge in [0, 0.05) is 12.4 Å². The first-order chi connectivity index (χ1) is 5.93. The van der Waals surface area contributed by atoms with Gasteiger partial charge in [-0.15, -0.1) is 11.8 Å². The largest absolute Gasteiger partial charge is 0.260 e. The van der Waals surface area contributed by atoms with Crippen LogP contribution in [-0.2, 0) is 0 Å². The fourth-order valence-electron chi connectivity index (χ4n) is 0.751. The summed E-state index contributed by atoms with van der Waals surface area (Å²) in [7, 11) is 0. The third kappa shape index (κ3) is 3.97. The third-order valence-corrected chi connectivity index (χ3v) is 2.66. The van der Waals surface area contributed by atoms with E-state index in [1.165, 1.54) is 12.8 Å². The van der Waals surface area contributed by atoms with Gasteiger partial charge in [-0.05, 0) is 24.3 Å². The molecule has 0 N–H and O–H groups in total. The van der Waals surface area contributed by atoms with Crippen molar-refractivity contribution >= 4 is 24.4 Å². The van der Waals surface area contributed by atoms with Crippen LogP contribution in [-0.4, -0.2) is 21.5 Å². The monoisotopic (exact) mass is 200 g/mol. The number of hydrogen-bond acceptors (Lipinski definition) is 4. The van der Waals surface area contributed by atoms with Crippen molar-refractivity contribution in [3.63, 3.8) is 0 Å². The van der Waals surface area contributed by atoms with Gasteiger partial charge in [0.2, 0.25) is 0 Å². The van der Waals surface area contributed by atoms with Crippen molar-refractivity contribution in [1.82, 2.24) is 9.97 Å². The second kappa shape index (κ2) is 6.31. The first-order valence-electron chi connectivity index (χ1n) is 3.93. The maximum atomic E-state index is 4.16. The topological polar surface area (TPSA) is 25.8 Å². The molecule has 0 aliphatic heterocycles. The molecular formula is C8H12N2S2. The Hall–Kier alpha value is -0.220. The van der Waals surface area contributed by atoms with Crippen molar-refractivity contribution in [2.24, 2.45) is 0 Å². The highest BCUT2D eigenvalue weighted by atomic mass is 32.2. The lowest BCUT2D eigenvalue weighted by Gasteiger charge is -1.97. The Morgan fingerprint density at radius 1 is 1.33 bits per heavy atom. The van der Waals surface area contributed by atoms with Crippen LogP contribution in [0.1, 0.15) is 12.8 Å². The summed E-state index contributed by atoms with van der Waals surface area (Å²) >= 11 is 5.90. The molecule has 0 amide bonds. The zero-order valence-electron chi connectivity index (χ0n) is 6.81. The number of thioether (sulfide) groups is 1. The minimum Gasteiger partial charge on any atom is -0.260 e. The van der Waals surface area contributed by atoms with E-state index in [-0.39, 0.29) is 0 Å². The van der Waals surface area contributed by atoms with Crippen LogP contribution in [0, 0.1) is 0 Å². The number of rotatable bonds is 5. The van der Waals surface area contributed by atoms with Gasteiger partial charge in [-0.25, -0.2) is 4.98 Å². The van der Waals surface area contributed by atoms with Gasteiger partial charge in [0.1, 0.15) is 5.03 Å². The van der Waals surface area contributed by atoms with Crippen molar-refractivity contribution in [2.45, 2.75) is 17.9 Å². The van der Waals surface area contributed by atoms with Crippen LogP contribution < -0.4 is 0 Å². The maximum Gasteiger partial charge on any atom is 0.114 e. The van der Waals surface area contributed by atoms with Crippen molar-refractivity contribution in [2.75, 3.05) is 11.5 Å². The van der Waals surface area contributed by atoms with Crippen LogP contribution in [0.2, 0.25) is 0 Å². The summed E-state index contributed by atoms with van der Waals surface area (Å²) in [5.41, 5.74) is 0. The van der Waals surface area contributed by atoms with Crippen molar-refractivity contribution < 1.29 is 0 Å². The van der Waals surface area contributed by atoms with E-state index >= 15 is 0 Å². The van der Waals surface area contributed by atoms with Gasteiger partial charge in [0.15, 0.2) is 0 Å². The molecule has 0 unspecified atom stereocenters. The smallest absolute Gasteiger partial charge is 0.114 e. The normalized spacial score (nSPS) is 10.1. The molecule has 0 aliphatic carbocycles. The Morgan fingerprint density at radius 3 is 2.92 bits per heavy atom. The SMILES string of the molecule is SCCCCSc1cnccn1. The first-order valence-corrected chi connectivity index (χ1v) is 5.55. The quantitative estimate of drug-likeness (QED) is 0.448. The minimum atomic E-state index is 0.973. The molecule has 0 radical (unpaired) electrons. The number of nitrogens with zero attached hydrogens (tertiary/aromatic N) is 2. The lowest BCUT2D eigenvalue weighted by Crippen LogP contribution is -1.84. The van der Waals surface area contributed by atoms with Gasteiger partial charge in [-0.3, -0.25) is 4.98 Å². The summed E-state index contributed by atoms with van der Waals surface area (Å²) in [5.74, 6) is 2.08. The molecule has 0 bridgehead atoms. The molecule has 0 fully saturated rings. The Kier molecular flexibility index (Phi) is 5.19. The molecule has 1 rings (SSSR count). The van der Waals surface area contributed by atoms with E-state index < -0.39 is 0 Å². The number of thiol groups is 1. The molecule has 0 saturated heterocycles. The van der Waals surface area contributed by atoms with Gasteiger partial charge in [0.25, 0.3) is 0 Å². The summed E-state index contributed by atoms with van der Waals surface area (Å²) in [6.07, 6.45) is 7.59. The standard InChI is InChI=1S/C8H12N2S2/c11-5-1-2-6-12-8-7-9-3-4-10-8/h3-4,7,11H,1-2,5-6H2. The number of aromatic nitrogens is 2. The van der Waals surface area contributed by atoms with E-state index in [1.54, 1.807) is 30.4 Å². The molecule has 2 nitrogen and oxygen atoms in total. The van der Waals surface area contributed by atoms with Crippen LogP contribution in [0.15, 0.2) is 23.6 Å². The zero-order valence-corrected chi connectivity index (χ0v) is 8.52. The molecule has 0 spiro atoms. The average Bonchev–Trinajstić information content (AvgIpc) is 2.14. The lowest BCUT2D eigenvalue weighted by molar-refractivity contribution is 0.906. The maximum absolute atomic E-state index is 4.16. The van der Waals surface area contributed by atoms with E-state index in [0.29, 0.717) is 0 Å². The van der Waals surface area contributed by atoms with Crippen LogP contribution >= 0.6 is 24.4 Å². The molecule has 0 aromatic carbocycles. The van der Waals surface area contributed by atoms with E-state index in [4.69, 9.17) is 0 Å². The van der Waals surface area contributed by atoms with Crippen LogP contribution in [0.4, 0.5) is 0 Å². The van der Waals surface area contributed by atoms with E-state index in [9.17, 15) is 0 Å². The minimum absolute atomic E-state index is 0.973. The Labute approximate surface area is 82.6 Å². The number of hydrogen-bond donors (Lipinski definition) is 1. The summed E-state index contributed by atoms with van der Waals surface area (Å²) in [4.78, 5) is 8.14. The Balaban J connectivity index is 2.16. The van der Waals surface area contributed by atoms with Gasteiger partial charge < -0.3 is 0 Å².